The number of aliphatic imine (C=N–C) groups is 1. The van der Waals surface area contributed by atoms with E-state index in [1.54, 1.807) is 30.1 Å². The molecule has 0 aliphatic rings. The van der Waals surface area contributed by atoms with E-state index in [2.05, 4.69) is 26.0 Å². The minimum atomic E-state index is -0.338. The number of nitrogens with one attached hydrogen (secondary N) is 3. The van der Waals surface area contributed by atoms with E-state index < -0.39 is 0 Å². The van der Waals surface area contributed by atoms with E-state index in [0.717, 1.165) is 5.69 Å². The van der Waals surface area contributed by atoms with E-state index in [1.165, 1.54) is 12.1 Å². The van der Waals surface area contributed by atoms with Crippen molar-refractivity contribution >= 4 is 35.8 Å². The predicted octanol–water partition coefficient (Wildman–Crippen LogP) is 1.20. The monoisotopic (exact) mass is 474 g/mol. The maximum absolute atomic E-state index is 13.1. The summed E-state index contributed by atoms with van der Waals surface area (Å²) in [6, 6.07) is 7.97. The zero-order chi connectivity index (χ0) is 18.1. The molecule has 1 aromatic carbocycles. The molecule has 0 spiro atoms. The Bertz CT molecular complexity index is 734. The Hall–Kier alpha value is -2.17. The number of hydrogen-bond donors (Lipinski definition) is 3. The topological polar surface area (TPSA) is 83.3 Å². The summed E-state index contributed by atoms with van der Waals surface area (Å²) >= 11 is 0. The van der Waals surface area contributed by atoms with Gasteiger partial charge in [-0.2, -0.15) is 5.10 Å². The number of aromatic nitrogens is 2. The fraction of sp³-hybridized carbons (Fsp3) is 0.353. The molecule has 3 N–H and O–H groups in total. The molecule has 1 aromatic heterocycles. The van der Waals surface area contributed by atoms with Gasteiger partial charge in [-0.1, -0.05) is 12.1 Å². The largest absolute Gasteiger partial charge is 0.355 e. The molecule has 0 saturated heterocycles. The standard InChI is InChI=1S/C17H23FN6O.HI/c1-19-17(22-12-15-6-7-23-24(15)2)21-9-8-20-16(25)11-13-4-3-5-14(18)10-13;/h3-7,10H,8-9,11-12H2,1-2H3,(H,20,25)(H2,19,21,22);1H. The average Bonchev–Trinajstić information content (AvgIpc) is 2.99. The van der Waals surface area contributed by atoms with Crippen LogP contribution in [0.4, 0.5) is 4.39 Å². The lowest BCUT2D eigenvalue weighted by molar-refractivity contribution is -0.120. The first-order valence-electron chi connectivity index (χ1n) is 8.01. The normalized spacial score (nSPS) is 10.8. The molecule has 2 rings (SSSR count). The first-order chi connectivity index (χ1) is 12.1. The first-order valence-corrected chi connectivity index (χ1v) is 8.01. The molecule has 0 aliphatic carbocycles. The molecule has 0 bridgehead atoms. The summed E-state index contributed by atoms with van der Waals surface area (Å²) in [5.41, 5.74) is 1.69. The Kier molecular flexibility index (Phi) is 9.63. The zero-order valence-corrected chi connectivity index (χ0v) is 17.2. The zero-order valence-electron chi connectivity index (χ0n) is 14.8. The molecule has 0 radical (unpaired) electrons. The van der Waals surface area contributed by atoms with Crippen molar-refractivity contribution in [1.82, 2.24) is 25.7 Å². The van der Waals surface area contributed by atoms with Crippen molar-refractivity contribution in [2.45, 2.75) is 13.0 Å². The Morgan fingerprint density at radius 1 is 1.23 bits per heavy atom. The highest BCUT2D eigenvalue weighted by Gasteiger charge is 2.04. The quantitative estimate of drug-likeness (QED) is 0.244. The third kappa shape index (κ3) is 7.38. The van der Waals surface area contributed by atoms with E-state index in [4.69, 9.17) is 0 Å². The molecule has 0 unspecified atom stereocenters. The molecule has 1 amide bonds. The molecule has 142 valence electrons. The number of carbonyl (C=O) groups excluding carboxylic acids is 1. The molecule has 26 heavy (non-hydrogen) atoms. The number of halogens is 2. The highest BCUT2D eigenvalue weighted by atomic mass is 127. The second kappa shape index (κ2) is 11.4. The van der Waals surface area contributed by atoms with E-state index in [0.29, 0.717) is 31.2 Å². The smallest absolute Gasteiger partial charge is 0.224 e. The molecule has 0 saturated carbocycles. The Balaban J connectivity index is 0.00000338. The van der Waals surface area contributed by atoms with Crippen LogP contribution in [-0.4, -0.2) is 41.8 Å². The fourth-order valence-corrected chi connectivity index (χ4v) is 2.25. The van der Waals surface area contributed by atoms with Gasteiger partial charge in [0.05, 0.1) is 18.7 Å². The van der Waals surface area contributed by atoms with Crippen LogP contribution < -0.4 is 16.0 Å². The van der Waals surface area contributed by atoms with Gasteiger partial charge in [-0.15, -0.1) is 24.0 Å². The number of amides is 1. The van der Waals surface area contributed by atoms with Gasteiger partial charge in [-0.05, 0) is 23.8 Å². The Morgan fingerprint density at radius 3 is 2.65 bits per heavy atom. The van der Waals surface area contributed by atoms with Crippen LogP contribution in [0.2, 0.25) is 0 Å². The fourth-order valence-electron chi connectivity index (χ4n) is 2.25. The van der Waals surface area contributed by atoms with E-state index in [-0.39, 0.29) is 42.1 Å². The third-order valence-electron chi connectivity index (χ3n) is 3.58. The minimum Gasteiger partial charge on any atom is -0.355 e. The summed E-state index contributed by atoms with van der Waals surface area (Å²) in [4.78, 5) is 16.0. The number of hydrogen-bond acceptors (Lipinski definition) is 3. The van der Waals surface area contributed by atoms with Gasteiger partial charge >= 0.3 is 0 Å². The Morgan fingerprint density at radius 2 is 2.00 bits per heavy atom. The van der Waals surface area contributed by atoms with Crippen LogP contribution in [0.25, 0.3) is 0 Å². The number of carbonyl (C=O) groups is 1. The number of aryl methyl sites for hydroxylation is 1. The van der Waals surface area contributed by atoms with E-state index >= 15 is 0 Å². The SMILES string of the molecule is CN=C(NCCNC(=O)Cc1cccc(F)c1)NCc1ccnn1C.I. The lowest BCUT2D eigenvalue weighted by Crippen LogP contribution is -2.41. The molecule has 0 atom stereocenters. The molecule has 2 aromatic rings. The van der Waals surface area contributed by atoms with E-state index in [9.17, 15) is 9.18 Å². The molecule has 0 aliphatic heterocycles. The van der Waals surface area contributed by atoms with Gasteiger partial charge in [0.1, 0.15) is 5.82 Å². The number of rotatable bonds is 7. The minimum absolute atomic E-state index is 0. The highest BCUT2D eigenvalue weighted by molar-refractivity contribution is 14.0. The molecule has 7 nitrogen and oxygen atoms in total. The number of nitrogens with zero attached hydrogens (tertiary/aromatic N) is 3. The van der Waals surface area contributed by atoms with Crippen LogP contribution in [-0.2, 0) is 24.8 Å². The molecule has 9 heteroatoms. The molecule has 0 fully saturated rings. The van der Waals surface area contributed by atoms with Gasteiger partial charge in [-0.3, -0.25) is 14.5 Å². The van der Waals surface area contributed by atoms with Crippen LogP contribution in [0.5, 0.6) is 0 Å². The number of guanidine groups is 1. The summed E-state index contributed by atoms with van der Waals surface area (Å²) in [5.74, 6) is 0.154. The van der Waals surface area contributed by atoms with Gasteiger partial charge in [0, 0.05) is 33.4 Å². The van der Waals surface area contributed by atoms with E-state index in [1.807, 2.05) is 13.1 Å². The van der Waals surface area contributed by atoms with Crippen molar-refractivity contribution in [1.29, 1.82) is 0 Å². The maximum Gasteiger partial charge on any atom is 0.224 e. The molecular formula is C17H24FIN6O. The van der Waals surface area contributed by atoms with Crippen LogP contribution in [0.15, 0.2) is 41.5 Å². The van der Waals surface area contributed by atoms with Crippen LogP contribution in [0.1, 0.15) is 11.3 Å². The summed E-state index contributed by atoms with van der Waals surface area (Å²) in [5, 5.41) is 13.2. The summed E-state index contributed by atoms with van der Waals surface area (Å²) in [7, 11) is 3.56. The predicted molar refractivity (Wildman–Crippen MR) is 110 cm³/mol. The lowest BCUT2D eigenvalue weighted by atomic mass is 10.1. The molecular weight excluding hydrogens is 450 g/mol. The van der Waals surface area contributed by atoms with Crippen LogP contribution in [0, 0.1) is 5.82 Å². The van der Waals surface area contributed by atoms with Crippen molar-refractivity contribution in [2.75, 3.05) is 20.1 Å². The average molecular weight is 474 g/mol. The summed E-state index contributed by atoms with van der Waals surface area (Å²) in [6.07, 6.45) is 1.90. The van der Waals surface area contributed by atoms with Crippen molar-refractivity contribution in [3.05, 3.63) is 53.6 Å². The highest BCUT2D eigenvalue weighted by Crippen LogP contribution is 2.03. The summed E-state index contributed by atoms with van der Waals surface area (Å²) < 4.78 is 14.9. The van der Waals surface area contributed by atoms with Crippen molar-refractivity contribution < 1.29 is 9.18 Å². The maximum atomic E-state index is 13.1. The van der Waals surface area contributed by atoms with Gasteiger partial charge < -0.3 is 16.0 Å². The molecule has 1 heterocycles. The lowest BCUT2D eigenvalue weighted by Gasteiger charge is -2.12. The third-order valence-corrected chi connectivity index (χ3v) is 3.58. The second-order valence-electron chi connectivity index (χ2n) is 5.46. The summed E-state index contributed by atoms with van der Waals surface area (Å²) in [6.45, 7) is 1.57. The van der Waals surface area contributed by atoms with Gasteiger partial charge in [0.25, 0.3) is 0 Å². The number of benzene rings is 1. The van der Waals surface area contributed by atoms with Crippen LogP contribution >= 0.6 is 24.0 Å². The van der Waals surface area contributed by atoms with Gasteiger partial charge in [0.2, 0.25) is 5.91 Å². The van der Waals surface area contributed by atoms with Crippen molar-refractivity contribution in [3.8, 4) is 0 Å². The van der Waals surface area contributed by atoms with Crippen molar-refractivity contribution in [2.24, 2.45) is 12.0 Å². The van der Waals surface area contributed by atoms with Crippen molar-refractivity contribution in [3.63, 3.8) is 0 Å². The van der Waals surface area contributed by atoms with Gasteiger partial charge in [-0.25, -0.2) is 4.39 Å². The Labute approximate surface area is 169 Å². The van der Waals surface area contributed by atoms with Gasteiger partial charge in [0.15, 0.2) is 5.96 Å². The first kappa shape index (κ1) is 21.9. The second-order valence-corrected chi connectivity index (χ2v) is 5.46. The van der Waals surface area contributed by atoms with Crippen LogP contribution in [0.3, 0.4) is 0 Å².